The molecule has 8 rings (SSSR count). The van der Waals surface area contributed by atoms with Crippen LogP contribution < -0.4 is 4.74 Å². The molecule has 9 unspecified atom stereocenters. The van der Waals surface area contributed by atoms with Crippen LogP contribution in [0.25, 0.3) is 0 Å². The maximum absolute atomic E-state index is 6.37. The highest BCUT2D eigenvalue weighted by Gasteiger charge is 2.62. The molecule has 0 amide bonds. The average Bonchev–Trinajstić information content (AvgIpc) is 3.53. The summed E-state index contributed by atoms with van der Waals surface area (Å²) in [5, 5.41) is 0. The smallest absolute Gasteiger partial charge is 0.126 e. The minimum Gasteiger partial charge on any atom is -0.462 e. The lowest BCUT2D eigenvalue weighted by molar-refractivity contribution is -0.122. The van der Waals surface area contributed by atoms with Crippen molar-refractivity contribution in [2.45, 2.75) is 136 Å². The normalized spacial score (nSPS) is 34.2. The summed E-state index contributed by atoms with van der Waals surface area (Å²) in [6.45, 7) is 13.0. The maximum Gasteiger partial charge on any atom is 0.126 e. The standard InChI is InChI=1S/C52H68O/c1-37(2)13-12-14-38(3)47-29-30-48-46-28-25-43-36-52(34-33-50(43,4)49(46)31-32-51(47,48)5,41-21-19-40(20-22-41)35-39-15-8-6-9-16-39)42-23-26-45(27-24-42)53-44-17-10-7-11-18-44/h6-10,15-17,19-24,26-27,37-38,43,46-49H,11-14,18,25,28-36H2,1-5H3. The molecular weight excluding hydrogens is 641 g/mol. The van der Waals surface area contributed by atoms with E-state index in [1.807, 2.05) is 0 Å². The van der Waals surface area contributed by atoms with Gasteiger partial charge in [-0.1, -0.05) is 133 Å². The highest BCUT2D eigenvalue weighted by atomic mass is 16.5. The summed E-state index contributed by atoms with van der Waals surface area (Å²) >= 11 is 0. The molecule has 9 atom stereocenters. The van der Waals surface area contributed by atoms with E-state index in [-0.39, 0.29) is 5.41 Å². The van der Waals surface area contributed by atoms with E-state index in [2.05, 4.69) is 132 Å². The Morgan fingerprint density at radius 3 is 2.13 bits per heavy atom. The van der Waals surface area contributed by atoms with Crippen molar-refractivity contribution in [2.24, 2.45) is 52.3 Å². The second-order valence-corrected chi connectivity index (χ2v) is 19.6. The van der Waals surface area contributed by atoms with Crippen molar-refractivity contribution in [3.05, 3.63) is 125 Å². The molecule has 0 heterocycles. The van der Waals surface area contributed by atoms with Gasteiger partial charge in [-0.15, -0.1) is 0 Å². The van der Waals surface area contributed by atoms with Crippen LogP contribution in [-0.4, -0.2) is 0 Å². The number of ether oxygens (including phenoxy) is 1. The summed E-state index contributed by atoms with van der Waals surface area (Å²) in [4.78, 5) is 0. The zero-order valence-electron chi connectivity index (χ0n) is 33.8. The van der Waals surface area contributed by atoms with Gasteiger partial charge in [0.2, 0.25) is 0 Å². The molecule has 0 bridgehead atoms. The van der Waals surface area contributed by atoms with E-state index < -0.39 is 0 Å². The van der Waals surface area contributed by atoms with E-state index in [0.29, 0.717) is 10.8 Å². The second-order valence-electron chi connectivity index (χ2n) is 19.6. The molecule has 0 spiro atoms. The Morgan fingerprint density at radius 2 is 1.42 bits per heavy atom. The molecule has 0 aromatic heterocycles. The van der Waals surface area contributed by atoms with Crippen LogP contribution in [-0.2, 0) is 11.8 Å². The van der Waals surface area contributed by atoms with E-state index in [4.69, 9.17) is 4.74 Å². The minimum absolute atomic E-state index is 0.0424. The zero-order valence-corrected chi connectivity index (χ0v) is 33.8. The third kappa shape index (κ3) is 7.13. The number of rotatable bonds is 11. The van der Waals surface area contributed by atoms with Crippen molar-refractivity contribution in [1.29, 1.82) is 0 Å². The van der Waals surface area contributed by atoms with Gasteiger partial charge in [0.25, 0.3) is 0 Å². The van der Waals surface area contributed by atoms with Gasteiger partial charge < -0.3 is 4.74 Å². The molecular formula is C52H68O. The zero-order chi connectivity index (χ0) is 36.6. The first-order valence-electron chi connectivity index (χ1n) is 22.0. The molecule has 1 heteroatoms. The molecule has 3 aromatic rings. The number of hydrogen-bond donors (Lipinski definition) is 0. The van der Waals surface area contributed by atoms with E-state index >= 15 is 0 Å². The molecule has 0 saturated heterocycles. The molecule has 53 heavy (non-hydrogen) atoms. The van der Waals surface area contributed by atoms with Crippen molar-refractivity contribution in [2.75, 3.05) is 0 Å². The van der Waals surface area contributed by atoms with Crippen LogP contribution in [0, 0.1) is 52.3 Å². The van der Waals surface area contributed by atoms with Crippen LogP contribution in [0.4, 0.5) is 0 Å². The monoisotopic (exact) mass is 709 g/mol. The summed E-state index contributed by atoms with van der Waals surface area (Å²) in [5.41, 5.74) is 6.86. The van der Waals surface area contributed by atoms with Gasteiger partial charge in [0, 0.05) is 11.8 Å². The van der Waals surface area contributed by atoms with E-state index in [1.54, 1.807) is 0 Å². The van der Waals surface area contributed by atoms with Gasteiger partial charge in [-0.05, 0) is 163 Å². The van der Waals surface area contributed by atoms with E-state index in [9.17, 15) is 0 Å². The number of benzene rings is 3. The lowest BCUT2D eigenvalue weighted by Crippen LogP contribution is -2.55. The fourth-order valence-corrected chi connectivity index (χ4v) is 13.4. The summed E-state index contributed by atoms with van der Waals surface area (Å²) in [7, 11) is 0. The van der Waals surface area contributed by atoms with Crippen molar-refractivity contribution in [1.82, 2.24) is 0 Å². The molecule has 0 N–H and O–H groups in total. The molecule has 4 saturated carbocycles. The SMILES string of the molecule is CC(C)CCCC(C)C1CCC2C3CCC4CC(c5ccc(Cc6ccccc6)cc5)(c5ccc(OC6=CC=CCC6)cc5)CCC4(C)C3CCC12C. The first kappa shape index (κ1) is 36.9. The van der Waals surface area contributed by atoms with Gasteiger partial charge in [0.15, 0.2) is 0 Å². The van der Waals surface area contributed by atoms with Gasteiger partial charge in [0.1, 0.15) is 11.5 Å². The predicted molar refractivity (Wildman–Crippen MR) is 223 cm³/mol. The first-order chi connectivity index (χ1) is 25.7. The molecule has 4 fully saturated rings. The van der Waals surface area contributed by atoms with Gasteiger partial charge in [0.05, 0.1) is 0 Å². The number of allylic oxidation sites excluding steroid dienone is 4. The fraction of sp³-hybridized carbons (Fsp3) is 0.577. The summed E-state index contributed by atoms with van der Waals surface area (Å²) < 4.78 is 6.37. The third-order valence-corrected chi connectivity index (χ3v) is 16.3. The van der Waals surface area contributed by atoms with Crippen LogP contribution in [0.15, 0.2) is 103 Å². The molecule has 282 valence electrons. The van der Waals surface area contributed by atoms with Gasteiger partial charge in [-0.25, -0.2) is 0 Å². The summed E-state index contributed by atoms with van der Waals surface area (Å²) in [6, 6.07) is 30.2. The molecule has 0 aliphatic heterocycles. The van der Waals surface area contributed by atoms with Crippen LogP contribution in [0.3, 0.4) is 0 Å². The summed E-state index contributed by atoms with van der Waals surface area (Å²) in [6.07, 6.45) is 26.5. The van der Waals surface area contributed by atoms with Gasteiger partial charge in [-0.2, -0.15) is 0 Å². The molecule has 1 nitrogen and oxygen atoms in total. The Labute approximate surface area is 323 Å². The lowest BCUT2D eigenvalue weighted by atomic mass is 9.42. The third-order valence-electron chi connectivity index (χ3n) is 16.3. The Balaban J connectivity index is 1.04. The number of fused-ring (bicyclic) bond motifs is 5. The van der Waals surface area contributed by atoms with Crippen LogP contribution in [0.5, 0.6) is 5.75 Å². The largest absolute Gasteiger partial charge is 0.462 e. The Kier molecular flexibility index (Phi) is 10.6. The number of hydrogen-bond acceptors (Lipinski definition) is 1. The minimum atomic E-state index is 0.0424. The van der Waals surface area contributed by atoms with Gasteiger partial charge in [-0.3, -0.25) is 0 Å². The second kappa shape index (κ2) is 15.2. The van der Waals surface area contributed by atoms with Crippen LogP contribution >= 0.6 is 0 Å². The van der Waals surface area contributed by atoms with Crippen LogP contribution in [0.1, 0.15) is 147 Å². The van der Waals surface area contributed by atoms with Crippen molar-refractivity contribution >= 4 is 0 Å². The Morgan fingerprint density at radius 1 is 0.698 bits per heavy atom. The highest BCUT2D eigenvalue weighted by Crippen LogP contribution is 2.70. The van der Waals surface area contributed by atoms with E-state index in [1.165, 1.54) is 99.3 Å². The topological polar surface area (TPSA) is 9.23 Å². The molecule has 3 aromatic carbocycles. The first-order valence-corrected chi connectivity index (χ1v) is 22.0. The Bertz CT molecular complexity index is 1730. The quantitative estimate of drug-likeness (QED) is 0.193. The fourth-order valence-electron chi connectivity index (χ4n) is 13.4. The maximum atomic E-state index is 6.37. The van der Waals surface area contributed by atoms with Crippen molar-refractivity contribution in [3.63, 3.8) is 0 Å². The molecule has 0 radical (unpaired) electrons. The van der Waals surface area contributed by atoms with Crippen molar-refractivity contribution in [3.8, 4) is 5.75 Å². The predicted octanol–water partition coefficient (Wildman–Crippen LogP) is 14.3. The lowest BCUT2D eigenvalue weighted by Gasteiger charge is -2.63. The Hall–Kier alpha value is -3.06. The summed E-state index contributed by atoms with van der Waals surface area (Å²) in [5.74, 6) is 8.26. The highest BCUT2D eigenvalue weighted by molar-refractivity contribution is 5.44. The molecule has 5 aliphatic carbocycles. The van der Waals surface area contributed by atoms with Gasteiger partial charge >= 0.3 is 0 Å². The van der Waals surface area contributed by atoms with Crippen LogP contribution in [0.2, 0.25) is 0 Å². The molecule has 5 aliphatic rings. The van der Waals surface area contributed by atoms with Crippen molar-refractivity contribution < 1.29 is 4.74 Å². The van der Waals surface area contributed by atoms with E-state index in [0.717, 1.165) is 72.2 Å². The average molecular weight is 709 g/mol.